The molecular formula is C12H20N6. The van der Waals surface area contributed by atoms with Gasteiger partial charge in [0, 0.05) is 30.3 Å². The zero-order chi connectivity index (χ0) is 12.8. The number of aromatic amines is 1. The lowest BCUT2D eigenvalue weighted by atomic mass is 9.81. The molecule has 0 radical (unpaired) electrons. The first-order valence-corrected chi connectivity index (χ1v) is 6.42. The van der Waals surface area contributed by atoms with Crippen molar-refractivity contribution in [3.05, 3.63) is 17.8 Å². The fourth-order valence-electron chi connectivity index (χ4n) is 2.91. The summed E-state index contributed by atoms with van der Waals surface area (Å²) in [6.45, 7) is 3.07. The Balaban J connectivity index is 1.95. The summed E-state index contributed by atoms with van der Waals surface area (Å²) in [7, 11) is 0. The van der Waals surface area contributed by atoms with E-state index in [2.05, 4.69) is 27.5 Å². The van der Waals surface area contributed by atoms with Gasteiger partial charge in [-0.15, -0.1) is 0 Å². The van der Waals surface area contributed by atoms with Crippen LogP contribution in [0, 0.1) is 5.92 Å². The molecule has 7 N–H and O–H groups in total. The Hall–Kier alpha value is -1.53. The van der Waals surface area contributed by atoms with Gasteiger partial charge < -0.3 is 27.1 Å². The van der Waals surface area contributed by atoms with Crippen LogP contribution in [-0.4, -0.2) is 23.5 Å². The summed E-state index contributed by atoms with van der Waals surface area (Å²) >= 11 is 0. The quantitative estimate of drug-likeness (QED) is 0.491. The number of nitrogens with two attached hydrogens (primary N) is 2. The average Bonchev–Trinajstić information content (AvgIpc) is 2.78. The molecule has 2 aliphatic rings. The highest BCUT2D eigenvalue weighted by Gasteiger charge is 2.42. The number of aliphatic imine (C=N–C) groups is 1. The molecule has 0 aromatic carbocycles. The van der Waals surface area contributed by atoms with Crippen LogP contribution in [0.1, 0.15) is 25.3 Å². The van der Waals surface area contributed by atoms with E-state index in [0.717, 1.165) is 30.8 Å². The molecule has 0 aliphatic carbocycles. The van der Waals surface area contributed by atoms with E-state index in [9.17, 15) is 0 Å². The van der Waals surface area contributed by atoms with Gasteiger partial charge in [0.2, 0.25) is 0 Å². The Morgan fingerprint density at radius 3 is 3.00 bits per heavy atom. The summed E-state index contributed by atoms with van der Waals surface area (Å²) in [6.07, 6.45) is 4.05. The topological polar surface area (TPSA) is 104 Å². The molecule has 2 aliphatic heterocycles. The third kappa shape index (κ3) is 1.69. The maximum absolute atomic E-state index is 6.56. The van der Waals surface area contributed by atoms with Gasteiger partial charge in [-0.2, -0.15) is 0 Å². The highest BCUT2D eigenvalue weighted by atomic mass is 15.2. The van der Waals surface area contributed by atoms with E-state index in [0.29, 0.717) is 12.0 Å². The van der Waals surface area contributed by atoms with E-state index in [1.807, 2.05) is 12.3 Å². The minimum atomic E-state index is -0.724. The smallest absolute Gasteiger partial charge is 0.196 e. The second kappa shape index (κ2) is 4.00. The summed E-state index contributed by atoms with van der Waals surface area (Å²) in [5.74, 6) is 1.51. The van der Waals surface area contributed by atoms with Gasteiger partial charge in [-0.1, -0.05) is 0 Å². The first-order valence-electron chi connectivity index (χ1n) is 6.42. The van der Waals surface area contributed by atoms with Crippen LogP contribution in [0.4, 0.5) is 5.82 Å². The molecule has 1 aromatic rings. The number of nitrogens with one attached hydrogen (secondary N) is 3. The van der Waals surface area contributed by atoms with E-state index in [1.165, 1.54) is 0 Å². The molecule has 1 fully saturated rings. The summed E-state index contributed by atoms with van der Waals surface area (Å²) in [5.41, 5.74) is 12.7. The average molecular weight is 248 g/mol. The third-order valence-corrected chi connectivity index (χ3v) is 4.02. The number of nitrogens with zero attached hydrogens (tertiary/aromatic N) is 1. The van der Waals surface area contributed by atoms with Crippen LogP contribution in [0.3, 0.4) is 0 Å². The van der Waals surface area contributed by atoms with Crippen LogP contribution in [-0.2, 0) is 5.66 Å². The van der Waals surface area contributed by atoms with Crippen LogP contribution < -0.4 is 22.1 Å². The first-order chi connectivity index (χ1) is 8.59. The normalized spacial score (nSPS) is 35.6. The van der Waals surface area contributed by atoms with Gasteiger partial charge in [-0.3, -0.25) is 0 Å². The minimum Gasteiger partial charge on any atom is -0.370 e. The number of hydrogen-bond donors (Lipinski definition) is 5. The maximum atomic E-state index is 6.56. The van der Waals surface area contributed by atoms with E-state index >= 15 is 0 Å². The molecule has 6 nitrogen and oxygen atoms in total. The number of H-pyrrole nitrogens is 1. The van der Waals surface area contributed by atoms with Gasteiger partial charge >= 0.3 is 0 Å². The van der Waals surface area contributed by atoms with Crippen molar-refractivity contribution in [3.63, 3.8) is 0 Å². The zero-order valence-electron chi connectivity index (χ0n) is 10.5. The zero-order valence-corrected chi connectivity index (χ0v) is 10.5. The fraction of sp³-hybridized carbons (Fsp3) is 0.583. The monoisotopic (exact) mass is 248 g/mol. The van der Waals surface area contributed by atoms with Crippen LogP contribution in [0.5, 0.6) is 0 Å². The molecule has 1 unspecified atom stereocenters. The van der Waals surface area contributed by atoms with E-state index < -0.39 is 5.66 Å². The van der Waals surface area contributed by atoms with Crippen molar-refractivity contribution in [2.24, 2.45) is 22.4 Å². The highest BCUT2D eigenvalue weighted by molar-refractivity contribution is 5.94. The minimum absolute atomic E-state index is 0.267. The van der Waals surface area contributed by atoms with Crippen LogP contribution >= 0.6 is 0 Å². The van der Waals surface area contributed by atoms with E-state index in [4.69, 9.17) is 11.5 Å². The maximum Gasteiger partial charge on any atom is 0.196 e. The Labute approximate surface area is 106 Å². The lowest BCUT2D eigenvalue weighted by molar-refractivity contribution is 0.206. The van der Waals surface area contributed by atoms with Crippen molar-refractivity contribution in [1.29, 1.82) is 0 Å². The van der Waals surface area contributed by atoms with Gasteiger partial charge in [0.05, 0.1) is 0 Å². The molecule has 98 valence electrons. The van der Waals surface area contributed by atoms with Gasteiger partial charge in [0.25, 0.3) is 0 Å². The van der Waals surface area contributed by atoms with Crippen LogP contribution in [0.25, 0.3) is 0 Å². The number of rotatable bonds is 1. The van der Waals surface area contributed by atoms with Gasteiger partial charge in [-0.25, -0.2) is 4.99 Å². The van der Waals surface area contributed by atoms with E-state index in [1.54, 1.807) is 0 Å². The number of fused-ring (bicyclic) bond motifs is 1. The number of anilines is 1. The number of guanidine groups is 1. The SMILES string of the molecule is C[C@H]1CC[C@@H](C2(N)N=C(N)Nc3[nH]ccc32)CN1. The van der Waals surface area contributed by atoms with Gasteiger partial charge in [0.15, 0.2) is 5.96 Å². The Kier molecular flexibility index (Phi) is 2.57. The summed E-state index contributed by atoms with van der Waals surface area (Å²) in [5, 5.41) is 6.49. The molecule has 0 spiro atoms. The van der Waals surface area contributed by atoms with Crippen molar-refractivity contribution in [2.45, 2.75) is 31.5 Å². The lowest BCUT2D eigenvalue weighted by Crippen LogP contribution is -2.53. The standard InChI is InChI=1S/C12H20N6/c1-7-2-3-8(6-16-7)12(14)9-4-5-15-10(9)17-11(13)18-12/h4-5,7-8,15-16H,2-3,6,14H2,1H3,(H3,13,17,18)/t7-,8+,12?/m0/s1. The summed E-state index contributed by atoms with van der Waals surface area (Å²) < 4.78 is 0. The van der Waals surface area contributed by atoms with Crippen molar-refractivity contribution < 1.29 is 0 Å². The molecule has 3 rings (SSSR count). The number of piperidine rings is 1. The molecule has 3 heterocycles. The van der Waals surface area contributed by atoms with Gasteiger partial charge in [-0.05, 0) is 25.8 Å². The largest absolute Gasteiger partial charge is 0.370 e. The molecule has 18 heavy (non-hydrogen) atoms. The molecular weight excluding hydrogens is 228 g/mol. The Morgan fingerprint density at radius 1 is 1.44 bits per heavy atom. The summed E-state index contributed by atoms with van der Waals surface area (Å²) in [4.78, 5) is 7.60. The molecule has 0 amide bonds. The lowest BCUT2D eigenvalue weighted by Gasteiger charge is -2.40. The number of aromatic nitrogens is 1. The molecule has 0 bridgehead atoms. The van der Waals surface area contributed by atoms with Gasteiger partial charge in [0.1, 0.15) is 11.5 Å². The predicted molar refractivity (Wildman–Crippen MR) is 72.1 cm³/mol. The van der Waals surface area contributed by atoms with E-state index in [-0.39, 0.29) is 5.92 Å². The highest BCUT2D eigenvalue weighted by Crippen LogP contribution is 2.39. The second-order valence-electron chi connectivity index (χ2n) is 5.30. The van der Waals surface area contributed by atoms with Crippen molar-refractivity contribution in [1.82, 2.24) is 10.3 Å². The molecule has 1 aromatic heterocycles. The molecule has 0 saturated carbocycles. The van der Waals surface area contributed by atoms with Crippen molar-refractivity contribution in [3.8, 4) is 0 Å². The van der Waals surface area contributed by atoms with Crippen molar-refractivity contribution >= 4 is 11.8 Å². The number of hydrogen-bond acceptors (Lipinski definition) is 5. The molecule has 1 saturated heterocycles. The second-order valence-corrected chi connectivity index (χ2v) is 5.30. The molecule has 6 heteroatoms. The fourth-order valence-corrected chi connectivity index (χ4v) is 2.91. The van der Waals surface area contributed by atoms with Crippen LogP contribution in [0.15, 0.2) is 17.3 Å². The van der Waals surface area contributed by atoms with Crippen LogP contribution in [0.2, 0.25) is 0 Å². The molecule has 3 atom stereocenters. The first kappa shape index (κ1) is 11.6. The Morgan fingerprint density at radius 2 is 2.28 bits per heavy atom. The third-order valence-electron chi connectivity index (χ3n) is 4.02. The predicted octanol–water partition coefficient (Wildman–Crippen LogP) is 0.255. The summed E-state index contributed by atoms with van der Waals surface area (Å²) in [6, 6.07) is 2.54. The Bertz CT molecular complexity index is 471. The van der Waals surface area contributed by atoms with Crippen molar-refractivity contribution in [2.75, 3.05) is 11.9 Å².